The lowest BCUT2D eigenvalue weighted by Gasteiger charge is -1.97. The first kappa shape index (κ1) is 14.1. The number of halogens is 1. The fraction of sp³-hybridized carbons (Fsp3) is 0.143. The van der Waals surface area contributed by atoms with Crippen LogP contribution in [0.25, 0.3) is 0 Å². The van der Waals surface area contributed by atoms with Crippen LogP contribution in [0.2, 0.25) is 5.02 Å². The molecule has 5 heteroatoms. The van der Waals surface area contributed by atoms with Gasteiger partial charge >= 0.3 is 0 Å². The van der Waals surface area contributed by atoms with Crippen molar-refractivity contribution in [1.29, 1.82) is 5.26 Å². The summed E-state index contributed by atoms with van der Waals surface area (Å²) in [5.41, 5.74) is 1.00. The van der Waals surface area contributed by atoms with Crippen molar-refractivity contribution in [3.63, 3.8) is 0 Å². The van der Waals surface area contributed by atoms with Gasteiger partial charge in [0.05, 0.1) is 19.7 Å². The van der Waals surface area contributed by atoms with E-state index >= 15 is 0 Å². The molecule has 0 saturated carbocycles. The van der Waals surface area contributed by atoms with Crippen LogP contribution < -0.4 is 0 Å². The number of hydrogen-bond acceptors (Lipinski definition) is 4. The second-order valence-corrected chi connectivity index (χ2v) is 6.58. The second kappa shape index (κ2) is 6.25. The van der Waals surface area contributed by atoms with Crippen LogP contribution in [0.15, 0.2) is 34.5 Å². The lowest BCUT2D eigenvalue weighted by Crippen LogP contribution is -1.98. The van der Waals surface area contributed by atoms with Crippen molar-refractivity contribution in [1.82, 2.24) is 0 Å². The van der Waals surface area contributed by atoms with Crippen molar-refractivity contribution in [2.75, 3.05) is 5.75 Å². The van der Waals surface area contributed by atoms with Crippen LogP contribution >= 0.6 is 34.7 Å². The number of rotatable bonds is 4. The SMILES string of the molecule is CCSc1sc(C(=O)c2ccccc2)c(Cl)c1C#N. The molecule has 1 heterocycles. The molecule has 19 heavy (non-hydrogen) atoms. The molecule has 0 radical (unpaired) electrons. The van der Waals surface area contributed by atoms with Crippen LogP contribution in [-0.2, 0) is 0 Å². The van der Waals surface area contributed by atoms with Crippen molar-refractivity contribution in [2.24, 2.45) is 0 Å². The van der Waals surface area contributed by atoms with Gasteiger partial charge in [0.25, 0.3) is 0 Å². The Labute approximate surface area is 125 Å². The van der Waals surface area contributed by atoms with Crippen molar-refractivity contribution >= 4 is 40.5 Å². The Bertz CT molecular complexity index is 643. The number of carbonyl (C=O) groups excluding carboxylic acids is 1. The Hall–Kier alpha value is -1.28. The quantitative estimate of drug-likeness (QED) is 0.611. The van der Waals surface area contributed by atoms with Gasteiger partial charge in [-0.1, -0.05) is 48.9 Å². The monoisotopic (exact) mass is 307 g/mol. The van der Waals surface area contributed by atoms with Gasteiger partial charge < -0.3 is 0 Å². The first-order chi connectivity index (χ1) is 9.19. The summed E-state index contributed by atoms with van der Waals surface area (Å²) in [6.45, 7) is 2.00. The Morgan fingerprint density at radius 2 is 2.11 bits per heavy atom. The molecule has 0 spiro atoms. The summed E-state index contributed by atoms with van der Waals surface area (Å²) in [7, 11) is 0. The van der Waals surface area contributed by atoms with Crippen LogP contribution in [0.3, 0.4) is 0 Å². The third kappa shape index (κ3) is 2.84. The Balaban J connectivity index is 2.47. The molecule has 0 amide bonds. The number of carbonyl (C=O) groups is 1. The zero-order valence-electron chi connectivity index (χ0n) is 10.1. The number of thiophene rings is 1. The maximum absolute atomic E-state index is 12.4. The summed E-state index contributed by atoms with van der Waals surface area (Å²) < 4.78 is 0.814. The smallest absolute Gasteiger partial charge is 0.204 e. The molecule has 0 fully saturated rings. The number of nitrogens with zero attached hydrogens (tertiary/aromatic N) is 1. The molecule has 2 nitrogen and oxygen atoms in total. The molecular weight excluding hydrogens is 298 g/mol. The highest BCUT2D eigenvalue weighted by Crippen LogP contribution is 2.39. The lowest BCUT2D eigenvalue weighted by molar-refractivity contribution is 0.104. The highest BCUT2D eigenvalue weighted by Gasteiger charge is 2.22. The minimum atomic E-state index is -0.130. The van der Waals surface area contributed by atoms with Gasteiger partial charge in [-0.15, -0.1) is 23.1 Å². The summed E-state index contributed by atoms with van der Waals surface area (Å²) >= 11 is 8.99. The second-order valence-electron chi connectivity index (χ2n) is 3.65. The summed E-state index contributed by atoms with van der Waals surface area (Å²) in [6, 6.07) is 11.0. The van der Waals surface area contributed by atoms with E-state index in [9.17, 15) is 4.79 Å². The topological polar surface area (TPSA) is 40.9 Å². The van der Waals surface area contributed by atoms with Crippen molar-refractivity contribution in [2.45, 2.75) is 11.1 Å². The maximum Gasteiger partial charge on any atom is 0.204 e. The number of thioether (sulfide) groups is 1. The van der Waals surface area contributed by atoms with Gasteiger partial charge in [-0.25, -0.2) is 0 Å². The fourth-order valence-corrected chi connectivity index (χ4v) is 4.27. The van der Waals surface area contributed by atoms with Crippen LogP contribution in [0.1, 0.15) is 27.7 Å². The van der Waals surface area contributed by atoms with E-state index < -0.39 is 0 Å². The minimum Gasteiger partial charge on any atom is -0.288 e. The van der Waals surface area contributed by atoms with E-state index in [4.69, 9.17) is 16.9 Å². The lowest BCUT2D eigenvalue weighted by atomic mass is 10.1. The van der Waals surface area contributed by atoms with Gasteiger partial charge in [0, 0.05) is 5.56 Å². The van der Waals surface area contributed by atoms with Gasteiger partial charge in [0.15, 0.2) is 0 Å². The molecule has 1 aromatic heterocycles. The van der Waals surface area contributed by atoms with E-state index in [1.165, 1.54) is 23.1 Å². The number of benzene rings is 1. The summed E-state index contributed by atoms with van der Waals surface area (Å²) in [5, 5.41) is 9.41. The highest BCUT2D eigenvalue weighted by molar-refractivity contribution is 8.01. The molecule has 0 aliphatic carbocycles. The number of hydrogen-bond donors (Lipinski definition) is 0. The summed E-state index contributed by atoms with van der Waals surface area (Å²) in [4.78, 5) is 12.8. The van der Waals surface area contributed by atoms with E-state index in [-0.39, 0.29) is 10.8 Å². The number of ketones is 1. The zero-order chi connectivity index (χ0) is 13.8. The highest BCUT2D eigenvalue weighted by atomic mass is 35.5. The first-order valence-corrected chi connectivity index (χ1v) is 7.82. The van der Waals surface area contributed by atoms with E-state index in [0.717, 1.165) is 9.96 Å². The van der Waals surface area contributed by atoms with Crippen LogP contribution in [0, 0.1) is 11.3 Å². The molecule has 0 saturated heterocycles. The predicted molar refractivity (Wildman–Crippen MR) is 80.3 cm³/mol. The van der Waals surface area contributed by atoms with E-state index in [0.29, 0.717) is 16.0 Å². The Morgan fingerprint density at radius 1 is 1.42 bits per heavy atom. The standard InChI is InChI=1S/C14H10ClNOS2/c1-2-18-14-10(8-16)11(15)13(19-14)12(17)9-6-4-3-5-7-9/h3-7H,2H2,1H3. The largest absolute Gasteiger partial charge is 0.288 e. The summed E-state index contributed by atoms with van der Waals surface area (Å²) in [5.74, 6) is 0.708. The molecule has 2 aromatic rings. The molecule has 0 aliphatic heterocycles. The Morgan fingerprint density at radius 3 is 2.68 bits per heavy atom. The maximum atomic E-state index is 12.4. The third-order valence-electron chi connectivity index (χ3n) is 2.45. The molecule has 96 valence electrons. The molecule has 0 unspecified atom stereocenters. The summed E-state index contributed by atoms with van der Waals surface area (Å²) in [6.07, 6.45) is 0. The predicted octanol–water partition coefficient (Wildman–Crippen LogP) is 4.62. The van der Waals surface area contributed by atoms with Gasteiger partial charge in [0.2, 0.25) is 5.78 Å². The van der Waals surface area contributed by atoms with Gasteiger partial charge in [-0.2, -0.15) is 5.26 Å². The molecular formula is C14H10ClNOS2. The Kier molecular flexibility index (Phi) is 4.65. The van der Waals surface area contributed by atoms with E-state index in [2.05, 4.69) is 6.07 Å². The average Bonchev–Trinajstić information content (AvgIpc) is 2.75. The molecule has 2 rings (SSSR count). The van der Waals surface area contributed by atoms with Crippen molar-refractivity contribution in [3.8, 4) is 6.07 Å². The van der Waals surface area contributed by atoms with Gasteiger partial charge in [-0.3, -0.25) is 4.79 Å². The molecule has 0 aliphatic rings. The number of nitriles is 1. The first-order valence-electron chi connectivity index (χ1n) is 5.64. The van der Waals surface area contributed by atoms with Crippen molar-refractivity contribution in [3.05, 3.63) is 51.4 Å². The van der Waals surface area contributed by atoms with E-state index in [1.807, 2.05) is 25.1 Å². The molecule has 0 atom stereocenters. The fourth-order valence-electron chi connectivity index (χ4n) is 1.59. The van der Waals surface area contributed by atoms with Crippen molar-refractivity contribution < 1.29 is 4.79 Å². The van der Waals surface area contributed by atoms with E-state index in [1.54, 1.807) is 12.1 Å². The zero-order valence-corrected chi connectivity index (χ0v) is 12.5. The third-order valence-corrected chi connectivity index (χ3v) is 5.28. The van der Waals surface area contributed by atoms with Crippen LogP contribution in [-0.4, -0.2) is 11.5 Å². The normalized spacial score (nSPS) is 10.2. The average molecular weight is 308 g/mol. The van der Waals surface area contributed by atoms with Crippen LogP contribution in [0.4, 0.5) is 0 Å². The van der Waals surface area contributed by atoms with Gasteiger partial charge in [-0.05, 0) is 5.75 Å². The molecule has 0 N–H and O–H groups in total. The van der Waals surface area contributed by atoms with Crippen LogP contribution in [0.5, 0.6) is 0 Å². The minimum absolute atomic E-state index is 0.130. The molecule has 0 bridgehead atoms. The van der Waals surface area contributed by atoms with Gasteiger partial charge in [0.1, 0.15) is 6.07 Å². The molecule has 1 aromatic carbocycles.